The third kappa shape index (κ3) is 6.59. The Balaban J connectivity index is 2.01. The second-order valence-corrected chi connectivity index (χ2v) is 6.90. The quantitative estimate of drug-likeness (QED) is 0.566. The summed E-state index contributed by atoms with van der Waals surface area (Å²) in [6.07, 6.45) is 12.0. The van der Waals surface area contributed by atoms with Gasteiger partial charge in [-0.15, -0.1) is 0 Å². The van der Waals surface area contributed by atoms with Gasteiger partial charge in [0.2, 0.25) is 0 Å². The summed E-state index contributed by atoms with van der Waals surface area (Å²) >= 11 is 0. The fraction of sp³-hybridized carbons (Fsp3) is 0.375. The molecule has 0 radical (unpaired) electrons. The highest BCUT2D eigenvalue weighted by molar-refractivity contribution is 5.73. The van der Waals surface area contributed by atoms with Gasteiger partial charge in [-0.1, -0.05) is 38.1 Å². The third-order valence-corrected chi connectivity index (χ3v) is 4.61. The van der Waals surface area contributed by atoms with Crippen molar-refractivity contribution >= 4 is 11.3 Å². The van der Waals surface area contributed by atoms with Crippen LogP contribution in [-0.2, 0) is 6.42 Å². The van der Waals surface area contributed by atoms with E-state index in [1.54, 1.807) is 6.20 Å². The van der Waals surface area contributed by atoms with Gasteiger partial charge >= 0.3 is 0 Å². The number of rotatable bonds is 10. The molecule has 0 spiro atoms. The summed E-state index contributed by atoms with van der Waals surface area (Å²) in [7, 11) is 0. The van der Waals surface area contributed by atoms with E-state index in [1.165, 1.54) is 24.1 Å². The van der Waals surface area contributed by atoms with Gasteiger partial charge in [-0.25, -0.2) is 0 Å². The Kier molecular flexibility index (Phi) is 8.63. The van der Waals surface area contributed by atoms with E-state index in [-0.39, 0.29) is 0 Å². The molecule has 2 rings (SSSR count). The maximum atomic E-state index is 5.63. The summed E-state index contributed by atoms with van der Waals surface area (Å²) in [5.74, 6) is 0. The average molecular weight is 364 g/mol. The zero-order valence-corrected chi connectivity index (χ0v) is 17.0. The maximum Gasteiger partial charge on any atom is 0.0373 e. The highest BCUT2D eigenvalue weighted by atomic mass is 15.1. The summed E-state index contributed by atoms with van der Waals surface area (Å²) in [6.45, 7) is 8.71. The molecule has 0 bridgehead atoms. The molecule has 1 aromatic carbocycles. The number of aryl methyl sites for hydroxylation is 2. The van der Waals surface area contributed by atoms with E-state index in [0.717, 1.165) is 42.8 Å². The lowest BCUT2D eigenvalue weighted by Crippen LogP contribution is -2.24. The molecule has 144 valence electrons. The number of allylic oxidation sites excluding steroid dienone is 3. The largest absolute Gasteiger partial charge is 0.405 e. The van der Waals surface area contributed by atoms with Crippen LogP contribution in [0, 0.1) is 6.92 Å². The summed E-state index contributed by atoms with van der Waals surface area (Å²) in [6, 6.07) is 13.2. The molecule has 0 saturated carbocycles. The Bertz CT molecular complexity index is 721. The molecule has 0 fully saturated rings. The van der Waals surface area contributed by atoms with E-state index in [2.05, 4.69) is 60.1 Å². The van der Waals surface area contributed by atoms with Crippen LogP contribution in [0.4, 0.5) is 5.69 Å². The van der Waals surface area contributed by atoms with Gasteiger partial charge in [-0.05, 0) is 79.8 Å². The lowest BCUT2D eigenvalue weighted by molar-refractivity contribution is 0.744. The fourth-order valence-corrected chi connectivity index (χ4v) is 3.20. The predicted octanol–water partition coefficient (Wildman–Crippen LogP) is 5.51. The second-order valence-electron chi connectivity index (χ2n) is 6.90. The molecule has 1 heterocycles. The Morgan fingerprint density at radius 2 is 1.74 bits per heavy atom. The number of hydrogen-bond donors (Lipinski definition) is 1. The van der Waals surface area contributed by atoms with Crippen LogP contribution in [0.5, 0.6) is 0 Å². The molecule has 0 saturated heterocycles. The van der Waals surface area contributed by atoms with Crippen LogP contribution in [0.2, 0.25) is 0 Å². The molecule has 0 aliphatic rings. The van der Waals surface area contributed by atoms with Crippen molar-refractivity contribution in [3.8, 4) is 0 Å². The molecule has 3 nitrogen and oxygen atoms in total. The standard InChI is InChI=1S/C24H33N3/c1-4-17-27(18-5-2)24-13-10-21(11-14-24)7-6-8-22(15-16-25)23-12-9-20(3)26-19-23/h8-16,19H,4-7,17-18,25H2,1-3H3/b16-15-,22-8+. The van der Waals surface area contributed by atoms with Gasteiger partial charge in [-0.2, -0.15) is 0 Å². The van der Waals surface area contributed by atoms with Crippen molar-refractivity contribution in [3.63, 3.8) is 0 Å². The highest BCUT2D eigenvalue weighted by Crippen LogP contribution is 2.19. The number of aromatic nitrogens is 1. The van der Waals surface area contributed by atoms with Crippen LogP contribution < -0.4 is 10.6 Å². The van der Waals surface area contributed by atoms with Gasteiger partial charge in [-0.3, -0.25) is 4.98 Å². The molecular formula is C24H33N3. The van der Waals surface area contributed by atoms with Gasteiger partial charge in [0.15, 0.2) is 0 Å². The number of nitrogens with zero attached hydrogens (tertiary/aromatic N) is 2. The molecule has 0 aliphatic heterocycles. The van der Waals surface area contributed by atoms with E-state index < -0.39 is 0 Å². The highest BCUT2D eigenvalue weighted by Gasteiger charge is 2.04. The smallest absolute Gasteiger partial charge is 0.0373 e. The van der Waals surface area contributed by atoms with Crippen molar-refractivity contribution in [2.75, 3.05) is 18.0 Å². The Labute approximate surface area is 164 Å². The summed E-state index contributed by atoms with van der Waals surface area (Å²) < 4.78 is 0. The minimum absolute atomic E-state index is 0.973. The van der Waals surface area contributed by atoms with Crippen molar-refractivity contribution < 1.29 is 0 Å². The SMILES string of the molecule is CCCN(CCC)c1ccc(CC/C=C(\C=C/N)c2ccc(C)nc2)cc1. The first-order valence-corrected chi connectivity index (χ1v) is 10.0. The Hall–Kier alpha value is -2.55. The number of nitrogens with two attached hydrogens (primary N) is 1. The van der Waals surface area contributed by atoms with Crippen LogP contribution >= 0.6 is 0 Å². The van der Waals surface area contributed by atoms with E-state index in [9.17, 15) is 0 Å². The van der Waals surface area contributed by atoms with Crippen molar-refractivity contribution in [3.05, 3.63) is 77.8 Å². The molecule has 0 aliphatic carbocycles. The topological polar surface area (TPSA) is 42.1 Å². The molecule has 2 aromatic rings. The third-order valence-electron chi connectivity index (χ3n) is 4.61. The summed E-state index contributed by atoms with van der Waals surface area (Å²) in [4.78, 5) is 6.86. The first-order valence-electron chi connectivity index (χ1n) is 10.0. The van der Waals surface area contributed by atoms with E-state index in [0.29, 0.717) is 0 Å². The van der Waals surface area contributed by atoms with Gasteiger partial charge in [0, 0.05) is 30.7 Å². The Morgan fingerprint density at radius 3 is 2.30 bits per heavy atom. The van der Waals surface area contributed by atoms with Crippen molar-refractivity contribution in [1.82, 2.24) is 4.98 Å². The molecule has 2 N–H and O–H groups in total. The molecular weight excluding hydrogens is 330 g/mol. The van der Waals surface area contributed by atoms with Crippen molar-refractivity contribution in [2.24, 2.45) is 5.73 Å². The van der Waals surface area contributed by atoms with Crippen LogP contribution in [-0.4, -0.2) is 18.1 Å². The zero-order valence-electron chi connectivity index (χ0n) is 17.0. The maximum absolute atomic E-state index is 5.63. The minimum atomic E-state index is 0.973. The van der Waals surface area contributed by atoms with Gasteiger partial charge in [0.1, 0.15) is 0 Å². The molecule has 27 heavy (non-hydrogen) atoms. The van der Waals surface area contributed by atoms with Gasteiger partial charge in [0.05, 0.1) is 0 Å². The number of anilines is 1. The predicted molar refractivity (Wildman–Crippen MR) is 118 cm³/mol. The van der Waals surface area contributed by atoms with Crippen LogP contribution in [0.15, 0.2) is 60.9 Å². The molecule has 0 atom stereocenters. The number of pyridine rings is 1. The van der Waals surface area contributed by atoms with Crippen molar-refractivity contribution in [1.29, 1.82) is 0 Å². The van der Waals surface area contributed by atoms with Gasteiger partial charge in [0.25, 0.3) is 0 Å². The monoisotopic (exact) mass is 363 g/mol. The molecule has 3 heteroatoms. The van der Waals surface area contributed by atoms with E-state index in [4.69, 9.17) is 5.73 Å². The lowest BCUT2D eigenvalue weighted by atomic mass is 10.0. The van der Waals surface area contributed by atoms with Crippen molar-refractivity contribution in [2.45, 2.75) is 46.5 Å². The van der Waals surface area contributed by atoms with Gasteiger partial charge < -0.3 is 10.6 Å². The Morgan fingerprint density at radius 1 is 1.04 bits per heavy atom. The number of hydrogen-bond acceptors (Lipinski definition) is 3. The average Bonchev–Trinajstić information content (AvgIpc) is 2.68. The minimum Gasteiger partial charge on any atom is -0.405 e. The van der Waals surface area contributed by atoms with E-state index >= 15 is 0 Å². The molecule has 0 unspecified atom stereocenters. The molecule has 0 amide bonds. The normalized spacial score (nSPS) is 11.9. The fourth-order valence-electron chi connectivity index (χ4n) is 3.20. The summed E-state index contributed by atoms with van der Waals surface area (Å²) in [5, 5.41) is 0. The zero-order chi connectivity index (χ0) is 19.5. The first kappa shape index (κ1) is 20.8. The van der Waals surface area contributed by atoms with Crippen LogP contribution in [0.1, 0.15) is 49.9 Å². The summed E-state index contributed by atoms with van der Waals surface area (Å²) in [5.41, 5.74) is 11.6. The first-order chi connectivity index (χ1) is 13.2. The lowest BCUT2D eigenvalue weighted by Gasteiger charge is -2.24. The number of benzene rings is 1. The van der Waals surface area contributed by atoms with Crippen LogP contribution in [0.25, 0.3) is 5.57 Å². The van der Waals surface area contributed by atoms with Crippen LogP contribution in [0.3, 0.4) is 0 Å². The van der Waals surface area contributed by atoms with E-state index in [1.807, 2.05) is 25.3 Å². The second kappa shape index (κ2) is 11.2. The molecule has 1 aromatic heterocycles.